The van der Waals surface area contributed by atoms with Gasteiger partial charge in [0.1, 0.15) is 34.9 Å². The monoisotopic (exact) mass is 831 g/mol. The van der Waals surface area contributed by atoms with Gasteiger partial charge in [-0.15, -0.1) is 0 Å². The standard InChI is InChI=1S/C45H44BCl2N5O6/c1-29(2)57-40-28-36(56-3)19-20-37(40)43-50-41(30-11-15-34(47)16-12-30)42(31-13-17-35(48)18-14-31)53(43)45(55)52-25-23-51(24-26-52)22-21-49-44(54)32-7-6-8-33(27-32)46-58-38-9-4-5-10-39(38)59-46/h4-20,27-29,41-42H,21-26H2,1-3H3,(H,49,54)/t41-,42+/m0/s1. The van der Waals surface area contributed by atoms with Crippen LogP contribution in [-0.4, -0.2) is 92.1 Å². The molecule has 0 aliphatic carbocycles. The van der Waals surface area contributed by atoms with Gasteiger partial charge in [0.2, 0.25) is 0 Å². The number of benzene rings is 5. The SMILES string of the molecule is COc1ccc(C2=N[C@@H](c3ccc(Cl)cc3)[C@@H](c3ccc(Cl)cc3)N2C(=O)N2CCN(CCNC(=O)c3cccc(B4Oc5ccccc5O4)c3)CC2)c(OC(C)C)c1. The number of methoxy groups -OCH3 is 1. The number of nitrogens with zero attached hydrogens (tertiary/aromatic N) is 4. The highest BCUT2D eigenvalue weighted by atomic mass is 35.5. The molecule has 0 radical (unpaired) electrons. The van der Waals surface area contributed by atoms with Gasteiger partial charge in [-0.2, -0.15) is 0 Å². The number of amidine groups is 1. The number of nitrogens with one attached hydrogen (secondary N) is 1. The lowest BCUT2D eigenvalue weighted by molar-refractivity contribution is 0.0938. The zero-order valence-corrected chi connectivity index (χ0v) is 34.5. The Morgan fingerprint density at radius 1 is 0.831 bits per heavy atom. The van der Waals surface area contributed by atoms with E-state index >= 15 is 4.79 Å². The van der Waals surface area contributed by atoms with Crippen LogP contribution < -0.4 is 29.6 Å². The largest absolute Gasteiger partial charge is 0.632 e. The number of carbonyl (C=O) groups is 2. The molecule has 3 aliphatic rings. The van der Waals surface area contributed by atoms with E-state index in [2.05, 4.69) is 10.2 Å². The van der Waals surface area contributed by atoms with Crippen molar-refractivity contribution in [3.8, 4) is 23.0 Å². The number of urea groups is 1. The Morgan fingerprint density at radius 2 is 1.49 bits per heavy atom. The highest BCUT2D eigenvalue weighted by molar-refractivity contribution is 6.63. The highest BCUT2D eigenvalue weighted by Crippen LogP contribution is 2.46. The van der Waals surface area contributed by atoms with E-state index in [-0.39, 0.29) is 18.0 Å². The maximum Gasteiger partial charge on any atom is 0.632 e. The number of ether oxygens (including phenoxy) is 2. The summed E-state index contributed by atoms with van der Waals surface area (Å²) >= 11 is 12.7. The molecule has 0 bridgehead atoms. The molecule has 1 fully saturated rings. The van der Waals surface area contributed by atoms with Crippen LogP contribution in [0.5, 0.6) is 23.0 Å². The average Bonchev–Trinajstić information content (AvgIpc) is 3.87. The van der Waals surface area contributed by atoms with Gasteiger partial charge >= 0.3 is 13.1 Å². The molecule has 1 saturated heterocycles. The second kappa shape index (κ2) is 17.7. The third kappa shape index (κ3) is 8.85. The van der Waals surface area contributed by atoms with Crippen LogP contribution in [0.4, 0.5) is 4.79 Å². The van der Waals surface area contributed by atoms with Crippen molar-refractivity contribution in [2.45, 2.75) is 32.0 Å². The van der Waals surface area contributed by atoms with Crippen LogP contribution in [0.3, 0.4) is 0 Å². The normalized spacial score (nSPS) is 17.6. The van der Waals surface area contributed by atoms with Gasteiger partial charge in [0.15, 0.2) is 0 Å². The van der Waals surface area contributed by atoms with Crippen LogP contribution in [0.2, 0.25) is 10.0 Å². The number of hydrogen-bond donors (Lipinski definition) is 1. The van der Waals surface area contributed by atoms with E-state index in [1.165, 1.54) is 0 Å². The molecule has 2 atom stereocenters. The van der Waals surface area contributed by atoms with Crippen LogP contribution in [-0.2, 0) is 0 Å². The summed E-state index contributed by atoms with van der Waals surface area (Å²) in [6.45, 7) is 7.22. The Balaban J connectivity index is 0.981. The summed E-state index contributed by atoms with van der Waals surface area (Å²) in [6.07, 6.45) is -0.145. The molecule has 0 saturated carbocycles. The van der Waals surface area contributed by atoms with Gasteiger partial charge in [-0.3, -0.25) is 19.6 Å². The second-order valence-corrected chi connectivity index (χ2v) is 15.7. The van der Waals surface area contributed by atoms with Crippen molar-refractivity contribution in [1.29, 1.82) is 0 Å². The first-order chi connectivity index (χ1) is 28.6. The highest BCUT2D eigenvalue weighted by Gasteiger charge is 2.45. The molecular weight excluding hydrogens is 788 g/mol. The smallest absolute Gasteiger partial charge is 0.519 e. The summed E-state index contributed by atoms with van der Waals surface area (Å²) in [4.78, 5) is 39.5. The van der Waals surface area contributed by atoms with Crippen LogP contribution in [0.15, 0.2) is 120 Å². The number of halogens is 2. The molecule has 14 heteroatoms. The zero-order chi connectivity index (χ0) is 41.0. The van der Waals surface area contributed by atoms with Gasteiger partial charge in [0, 0.05) is 66.4 Å². The minimum Gasteiger partial charge on any atom is -0.519 e. The molecule has 302 valence electrons. The summed E-state index contributed by atoms with van der Waals surface area (Å²) in [5.41, 5.74) is 3.75. The fourth-order valence-electron chi connectivity index (χ4n) is 7.63. The van der Waals surface area contributed by atoms with Crippen molar-refractivity contribution in [3.05, 3.63) is 148 Å². The van der Waals surface area contributed by atoms with Crippen molar-refractivity contribution in [3.63, 3.8) is 0 Å². The molecule has 5 aromatic rings. The number of amides is 3. The molecular formula is C45H44BCl2N5O6. The summed E-state index contributed by atoms with van der Waals surface area (Å²) in [5.74, 6) is 2.86. The number of fused-ring (bicyclic) bond motifs is 1. The van der Waals surface area contributed by atoms with E-state index in [0.717, 1.165) is 16.6 Å². The Kier molecular flexibility index (Phi) is 12.0. The lowest BCUT2D eigenvalue weighted by Crippen LogP contribution is -2.54. The van der Waals surface area contributed by atoms with Crippen LogP contribution in [0.1, 0.15) is 53.0 Å². The molecule has 0 spiro atoms. The third-order valence-electron chi connectivity index (χ3n) is 10.6. The number of para-hydroxylation sites is 2. The van der Waals surface area contributed by atoms with Gasteiger partial charge in [-0.25, -0.2) is 4.79 Å². The van der Waals surface area contributed by atoms with Crippen molar-refractivity contribution < 1.29 is 28.4 Å². The predicted octanol–water partition coefficient (Wildman–Crippen LogP) is 7.67. The second-order valence-electron chi connectivity index (χ2n) is 14.9. The topological polar surface area (TPSA) is 105 Å². The predicted molar refractivity (Wildman–Crippen MR) is 231 cm³/mol. The van der Waals surface area contributed by atoms with Gasteiger partial charge in [0.25, 0.3) is 5.91 Å². The molecule has 0 aromatic heterocycles. The maximum absolute atomic E-state index is 15.0. The fourth-order valence-corrected chi connectivity index (χ4v) is 7.88. The number of carbonyl (C=O) groups excluding carboxylic acids is 2. The summed E-state index contributed by atoms with van der Waals surface area (Å²) in [7, 11) is 0.997. The van der Waals surface area contributed by atoms with E-state index < -0.39 is 19.2 Å². The van der Waals surface area contributed by atoms with Crippen molar-refractivity contribution in [1.82, 2.24) is 20.0 Å². The Hall–Kier alpha value is -5.69. The zero-order valence-electron chi connectivity index (χ0n) is 33.0. The summed E-state index contributed by atoms with van der Waals surface area (Å²) < 4.78 is 23.8. The Morgan fingerprint density at radius 3 is 2.14 bits per heavy atom. The van der Waals surface area contributed by atoms with Gasteiger partial charge in [-0.1, -0.05) is 71.7 Å². The number of rotatable bonds is 11. The first-order valence-electron chi connectivity index (χ1n) is 19.7. The van der Waals surface area contributed by atoms with E-state index in [9.17, 15) is 4.79 Å². The first-order valence-corrected chi connectivity index (χ1v) is 20.5. The third-order valence-corrected chi connectivity index (χ3v) is 11.1. The molecule has 8 rings (SSSR count). The molecule has 59 heavy (non-hydrogen) atoms. The minimum absolute atomic E-state index is 0.145. The van der Waals surface area contributed by atoms with E-state index in [1.807, 2.05) is 127 Å². The average molecular weight is 833 g/mol. The number of piperazine rings is 1. The van der Waals surface area contributed by atoms with E-state index in [4.69, 9.17) is 47.0 Å². The van der Waals surface area contributed by atoms with Crippen LogP contribution in [0, 0.1) is 0 Å². The molecule has 1 N–H and O–H groups in total. The molecule has 0 unspecified atom stereocenters. The van der Waals surface area contributed by atoms with E-state index in [1.54, 1.807) is 19.2 Å². The van der Waals surface area contributed by atoms with Crippen molar-refractivity contribution in [2.24, 2.45) is 4.99 Å². The van der Waals surface area contributed by atoms with Gasteiger partial charge < -0.3 is 29.0 Å². The van der Waals surface area contributed by atoms with Gasteiger partial charge in [-0.05, 0) is 85.6 Å². The van der Waals surface area contributed by atoms with E-state index in [0.29, 0.717) is 89.3 Å². The van der Waals surface area contributed by atoms with Crippen LogP contribution in [0.25, 0.3) is 0 Å². The first kappa shape index (κ1) is 40.1. The lowest BCUT2D eigenvalue weighted by atomic mass is 9.78. The Bertz CT molecular complexity index is 2310. The lowest BCUT2D eigenvalue weighted by Gasteiger charge is -2.39. The molecule has 3 heterocycles. The molecule has 3 amide bonds. The van der Waals surface area contributed by atoms with Crippen molar-refractivity contribution in [2.75, 3.05) is 46.4 Å². The quantitative estimate of drug-likeness (QED) is 0.136. The minimum atomic E-state index is -0.613. The van der Waals surface area contributed by atoms with Gasteiger partial charge in [0.05, 0.1) is 24.8 Å². The number of aliphatic imine (C=N–C) groups is 1. The fraction of sp³-hybridized carbons (Fsp3) is 0.267. The molecule has 5 aromatic carbocycles. The maximum atomic E-state index is 15.0. The number of hydrogen-bond acceptors (Lipinski definition) is 8. The van der Waals surface area contributed by atoms with Crippen LogP contribution >= 0.6 is 23.2 Å². The Labute approximate surface area is 354 Å². The molecule has 11 nitrogen and oxygen atoms in total. The molecule has 3 aliphatic heterocycles. The van der Waals surface area contributed by atoms with Crippen molar-refractivity contribution >= 4 is 53.6 Å². The summed E-state index contributed by atoms with van der Waals surface area (Å²) in [5, 5.41) is 4.26. The summed E-state index contributed by atoms with van der Waals surface area (Å²) in [6, 6.07) is 34.4.